The van der Waals surface area contributed by atoms with Crippen molar-refractivity contribution < 1.29 is 26.7 Å². The summed E-state index contributed by atoms with van der Waals surface area (Å²) in [6.07, 6.45) is 5.33. The van der Waals surface area contributed by atoms with Gasteiger partial charge in [0.2, 0.25) is 5.82 Å². The lowest BCUT2D eigenvalue weighted by atomic mass is 9.96. The van der Waals surface area contributed by atoms with Crippen LogP contribution in [0.15, 0.2) is 16.7 Å². The van der Waals surface area contributed by atoms with Crippen molar-refractivity contribution in [1.82, 2.24) is 4.57 Å². The van der Waals surface area contributed by atoms with Crippen molar-refractivity contribution in [3.8, 4) is 11.1 Å². The van der Waals surface area contributed by atoms with E-state index >= 15 is 0 Å². The molecule has 0 bridgehead atoms. The van der Waals surface area contributed by atoms with Gasteiger partial charge in [-0.05, 0) is 69.7 Å². The van der Waals surface area contributed by atoms with E-state index < -0.39 is 40.7 Å². The van der Waals surface area contributed by atoms with Crippen LogP contribution in [0.3, 0.4) is 0 Å². The van der Waals surface area contributed by atoms with E-state index in [0.29, 0.717) is 11.1 Å². The maximum absolute atomic E-state index is 14.4. The van der Waals surface area contributed by atoms with Crippen molar-refractivity contribution in [3.63, 3.8) is 0 Å². The first-order valence-electron chi connectivity index (χ1n) is 11.4. The summed E-state index contributed by atoms with van der Waals surface area (Å²) in [6.45, 7) is 5.07. The van der Waals surface area contributed by atoms with Crippen molar-refractivity contribution in [2.75, 3.05) is 5.01 Å². The summed E-state index contributed by atoms with van der Waals surface area (Å²) in [4.78, 5) is 14.3. The summed E-state index contributed by atoms with van der Waals surface area (Å²) >= 11 is 1.57. The fraction of sp³-hybridized carbons (Fsp3) is 0.269. The van der Waals surface area contributed by atoms with Crippen molar-refractivity contribution in [3.05, 3.63) is 73.7 Å². The molecule has 0 atom stereocenters. The Bertz CT molecular complexity index is 1580. The molecule has 1 aliphatic heterocycles. The molecule has 1 amide bonds. The molecule has 2 aliphatic rings. The molecule has 3 heterocycles. The highest BCUT2D eigenvalue weighted by Crippen LogP contribution is 2.39. The number of fused-ring (bicyclic) bond motifs is 1. The molecule has 5 rings (SSSR count). The Balaban J connectivity index is 1.58. The van der Waals surface area contributed by atoms with E-state index in [0.717, 1.165) is 47.6 Å². The van der Waals surface area contributed by atoms with Crippen LogP contribution in [0.1, 0.15) is 52.7 Å². The van der Waals surface area contributed by atoms with E-state index in [4.69, 9.17) is 0 Å². The van der Waals surface area contributed by atoms with Gasteiger partial charge in [-0.1, -0.05) is 0 Å². The monoisotopic (exact) mass is 530 g/mol. The maximum Gasteiger partial charge on any atom is 0.280 e. The van der Waals surface area contributed by atoms with E-state index in [2.05, 4.69) is 11.2 Å². The van der Waals surface area contributed by atoms with Crippen LogP contribution in [0, 0.1) is 54.3 Å². The number of anilines is 1. The van der Waals surface area contributed by atoms with Gasteiger partial charge in [-0.3, -0.25) is 4.79 Å². The molecule has 1 aliphatic carbocycles. The number of benzene rings is 1. The third kappa shape index (κ3) is 3.70. The zero-order chi connectivity index (χ0) is 26.8. The topological polar surface area (TPSA) is 61.4 Å². The number of amides is 1. The van der Waals surface area contributed by atoms with E-state index in [1.54, 1.807) is 17.4 Å². The predicted octanol–water partition coefficient (Wildman–Crippen LogP) is 6.41. The SMILES string of the molecule is CC1=NN(c2c(F)c(F)c(F)c(F)c2F)C(=O)/C1=C/c1cc(C)n(-c2sc3c(c2C#N)CCCC3)c1C. The molecule has 0 radical (unpaired) electrons. The second-order valence-electron chi connectivity index (χ2n) is 8.94. The highest BCUT2D eigenvalue weighted by atomic mass is 32.1. The minimum absolute atomic E-state index is 0.0445. The number of hydrazone groups is 1. The lowest BCUT2D eigenvalue weighted by Crippen LogP contribution is -2.25. The highest BCUT2D eigenvalue weighted by molar-refractivity contribution is 7.15. The average Bonchev–Trinajstić information content (AvgIpc) is 3.47. The van der Waals surface area contributed by atoms with Gasteiger partial charge in [0.05, 0.1) is 16.8 Å². The summed E-state index contributed by atoms with van der Waals surface area (Å²) in [5.41, 5.74) is 2.37. The third-order valence-electron chi connectivity index (χ3n) is 6.70. The molecule has 2 aromatic heterocycles. The number of aromatic nitrogens is 1. The number of carbonyl (C=O) groups excluding carboxylic acids is 1. The Kier molecular flexibility index (Phi) is 6.02. The molecule has 0 spiro atoms. The first-order chi connectivity index (χ1) is 17.6. The Labute approximate surface area is 212 Å². The van der Waals surface area contributed by atoms with Gasteiger partial charge >= 0.3 is 0 Å². The zero-order valence-electron chi connectivity index (χ0n) is 20.0. The van der Waals surface area contributed by atoms with Crippen LogP contribution in [0.5, 0.6) is 0 Å². The lowest BCUT2D eigenvalue weighted by Gasteiger charge is -2.15. The number of nitriles is 1. The van der Waals surface area contributed by atoms with Crippen LogP contribution in [-0.4, -0.2) is 16.2 Å². The molecule has 0 unspecified atom stereocenters. The predicted molar refractivity (Wildman–Crippen MR) is 129 cm³/mol. The van der Waals surface area contributed by atoms with Gasteiger partial charge in [0.15, 0.2) is 23.3 Å². The first kappa shape index (κ1) is 24.9. The van der Waals surface area contributed by atoms with Crippen LogP contribution in [0.4, 0.5) is 27.6 Å². The Morgan fingerprint density at radius 3 is 2.27 bits per heavy atom. The van der Waals surface area contributed by atoms with Crippen LogP contribution in [-0.2, 0) is 17.6 Å². The minimum atomic E-state index is -2.32. The van der Waals surface area contributed by atoms with Crippen molar-refractivity contribution >= 4 is 34.7 Å². The van der Waals surface area contributed by atoms with Gasteiger partial charge in [-0.15, -0.1) is 11.3 Å². The Morgan fingerprint density at radius 1 is 1.00 bits per heavy atom. The number of rotatable bonds is 3. The van der Waals surface area contributed by atoms with Gasteiger partial charge in [-0.25, -0.2) is 22.0 Å². The van der Waals surface area contributed by atoms with Gasteiger partial charge in [-0.2, -0.15) is 15.4 Å². The van der Waals surface area contributed by atoms with Gasteiger partial charge in [0.25, 0.3) is 5.91 Å². The summed E-state index contributed by atoms with van der Waals surface area (Å²) in [7, 11) is 0. The van der Waals surface area contributed by atoms with Crippen molar-refractivity contribution in [2.45, 2.75) is 46.5 Å². The molecule has 0 saturated carbocycles. The molecule has 1 aromatic carbocycles. The number of carbonyl (C=O) groups is 1. The number of hydrogen-bond donors (Lipinski definition) is 0. The summed E-state index contributed by atoms with van der Waals surface area (Å²) in [5, 5.41) is 14.7. The third-order valence-corrected chi connectivity index (χ3v) is 7.98. The lowest BCUT2D eigenvalue weighted by molar-refractivity contribution is -0.114. The number of halogens is 5. The number of thiophene rings is 1. The molecule has 190 valence electrons. The number of hydrogen-bond acceptors (Lipinski definition) is 4. The molecule has 0 saturated heterocycles. The first-order valence-corrected chi connectivity index (χ1v) is 12.3. The van der Waals surface area contributed by atoms with Gasteiger partial charge in [0, 0.05) is 16.3 Å². The largest absolute Gasteiger partial charge is 0.308 e. The van der Waals surface area contributed by atoms with Crippen LogP contribution >= 0.6 is 11.3 Å². The van der Waals surface area contributed by atoms with E-state index in [1.165, 1.54) is 17.9 Å². The summed E-state index contributed by atoms with van der Waals surface area (Å²) in [6, 6.07) is 4.13. The highest BCUT2D eigenvalue weighted by Gasteiger charge is 2.37. The summed E-state index contributed by atoms with van der Waals surface area (Å²) in [5.74, 6) is -12.0. The van der Waals surface area contributed by atoms with Crippen molar-refractivity contribution in [1.29, 1.82) is 5.26 Å². The molecule has 3 aromatic rings. The second-order valence-corrected chi connectivity index (χ2v) is 10.0. The van der Waals surface area contributed by atoms with Crippen LogP contribution in [0.2, 0.25) is 0 Å². The second kappa shape index (κ2) is 8.95. The normalized spacial score (nSPS) is 16.4. The molecule has 37 heavy (non-hydrogen) atoms. The molecular weight excluding hydrogens is 511 g/mol. The standard InChI is InChI=1S/C26H19F5N4OS/c1-11-8-14(13(3)34(11)26-17(10-32)15-6-4-5-7-18(15)37-26)9-16-12(2)33-35(25(16)36)24-22(30)20(28)19(27)21(29)23(24)31/h8-9H,4-7H2,1-3H3/b16-9+. The molecule has 0 N–H and O–H groups in total. The quantitative estimate of drug-likeness (QED) is 0.170. The van der Waals surface area contributed by atoms with E-state index in [9.17, 15) is 32.0 Å². The molecular formula is C26H19F5N4OS. The summed E-state index contributed by atoms with van der Waals surface area (Å²) < 4.78 is 71.6. The fourth-order valence-electron chi connectivity index (χ4n) is 4.84. The average molecular weight is 531 g/mol. The Morgan fingerprint density at radius 2 is 1.62 bits per heavy atom. The van der Waals surface area contributed by atoms with Gasteiger partial charge in [0.1, 0.15) is 16.8 Å². The molecule has 5 nitrogen and oxygen atoms in total. The zero-order valence-corrected chi connectivity index (χ0v) is 20.8. The van der Waals surface area contributed by atoms with E-state index in [1.807, 2.05) is 18.4 Å². The van der Waals surface area contributed by atoms with Crippen LogP contribution < -0.4 is 5.01 Å². The Hall–Kier alpha value is -3.78. The van der Waals surface area contributed by atoms with E-state index in [-0.39, 0.29) is 16.3 Å². The van der Waals surface area contributed by atoms with Crippen LogP contribution in [0.25, 0.3) is 11.1 Å². The number of aryl methyl sites for hydroxylation is 2. The minimum Gasteiger partial charge on any atom is -0.308 e. The maximum atomic E-state index is 14.4. The molecule has 0 fully saturated rings. The number of nitrogens with zero attached hydrogens (tertiary/aromatic N) is 4. The van der Waals surface area contributed by atoms with Crippen molar-refractivity contribution in [2.24, 2.45) is 5.10 Å². The molecule has 11 heteroatoms. The van der Waals surface area contributed by atoms with Gasteiger partial charge < -0.3 is 4.57 Å². The smallest absolute Gasteiger partial charge is 0.280 e. The fourth-order valence-corrected chi connectivity index (χ4v) is 6.29.